The Kier molecular flexibility index (Phi) is 49.5. The van der Waals surface area contributed by atoms with Crippen LogP contribution in [0.2, 0.25) is 0 Å². The van der Waals surface area contributed by atoms with E-state index in [9.17, 15) is 19.0 Å². The minimum Gasteiger partial charge on any atom is -0.756 e. The Morgan fingerprint density at radius 3 is 1.26 bits per heavy atom. The number of esters is 1. The number of carbonyl (C=O) groups is 2. The smallest absolute Gasteiger partial charge is 0.306 e. The molecule has 0 rings (SSSR count). The van der Waals surface area contributed by atoms with Gasteiger partial charge in [-0.3, -0.25) is 14.2 Å². The lowest BCUT2D eigenvalue weighted by molar-refractivity contribution is -0.870. The van der Waals surface area contributed by atoms with Gasteiger partial charge in [-0.05, 0) is 76.7 Å². The molecule has 0 saturated carbocycles. The second-order valence-electron chi connectivity index (χ2n) is 21.5. The zero-order valence-corrected chi connectivity index (χ0v) is 47.9. The number of rotatable bonds is 54. The number of phosphoric acid groups is 1. The van der Waals surface area contributed by atoms with Gasteiger partial charge in [-0.15, -0.1) is 0 Å². The highest BCUT2D eigenvalue weighted by Crippen LogP contribution is 2.38. The molecule has 0 aromatic heterocycles. The second-order valence-corrected chi connectivity index (χ2v) is 22.9. The van der Waals surface area contributed by atoms with Crippen molar-refractivity contribution < 1.29 is 37.3 Å². The number of hydrogen-bond donors (Lipinski definition) is 1. The molecule has 0 aliphatic carbocycles. The summed E-state index contributed by atoms with van der Waals surface area (Å²) in [6.45, 7) is 6.81. The van der Waals surface area contributed by atoms with Crippen LogP contribution in [0, 0.1) is 0 Å². The zero-order chi connectivity index (χ0) is 51.5. The van der Waals surface area contributed by atoms with Crippen LogP contribution < -0.4 is 10.2 Å². The van der Waals surface area contributed by atoms with Crippen molar-refractivity contribution in [2.75, 3.05) is 40.9 Å². The SMILES string of the molecule is CCCC/C=C\CCCCCCCC(=O)NC(COP(=O)([O-])OCC[N+](C)(C)C)C(/C=C\CCCCCCCCCCCC)OC(=O)CCCCCCCCCCCCC/C=C/CCCCCCCC. The maximum atomic E-state index is 13.4. The largest absolute Gasteiger partial charge is 0.756 e. The molecule has 0 aromatic carbocycles. The van der Waals surface area contributed by atoms with Gasteiger partial charge in [0.25, 0.3) is 7.82 Å². The summed E-state index contributed by atoms with van der Waals surface area (Å²) in [5.74, 6) is -0.545. The number of quaternary nitrogens is 1. The van der Waals surface area contributed by atoms with Gasteiger partial charge in [0.05, 0.1) is 33.8 Å². The summed E-state index contributed by atoms with van der Waals surface area (Å²) >= 11 is 0. The van der Waals surface area contributed by atoms with Gasteiger partial charge < -0.3 is 28.5 Å². The Morgan fingerprint density at radius 2 is 0.843 bits per heavy atom. The quantitative estimate of drug-likeness (QED) is 0.0212. The van der Waals surface area contributed by atoms with Crippen LogP contribution in [0.5, 0.6) is 0 Å². The lowest BCUT2D eigenvalue weighted by atomic mass is 10.0. The van der Waals surface area contributed by atoms with Crippen molar-refractivity contribution in [3.8, 4) is 0 Å². The van der Waals surface area contributed by atoms with Crippen LogP contribution in [0.4, 0.5) is 0 Å². The number of allylic oxidation sites excluding steroid dienone is 5. The van der Waals surface area contributed by atoms with E-state index in [0.29, 0.717) is 17.4 Å². The van der Waals surface area contributed by atoms with Crippen LogP contribution in [0.15, 0.2) is 36.5 Å². The van der Waals surface area contributed by atoms with Gasteiger partial charge in [0, 0.05) is 12.8 Å². The summed E-state index contributed by atoms with van der Waals surface area (Å²) < 4.78 is 30.2. The van der Waals surface area contributed by atoms with Crippen LogP contribution in [0.1, 0.15) is 284 Å². The highest BCUT2D eigenvalue weighted by molar-refractivity contribution is 7.45. The highest BCUT2D eigenvalue weighted by Gasteiger charge is 2.27. The summed E-state index contributed by atoms with van der Waals surface area (Å²) in [4.78, 5) is 39.8. The monoisotopic (exact) mass is 1010 g/mol. The van der Waals surface area contributed by atoms with Crippen LogP contribution in [0.25, 0.3) is 0 Å². The first kappa shape index (κ1) is 68.2. The van der Waals surface area contributed by atoms with Crippen LogP contribution in [0.3, 0.4) is 0 Å². The van der Waals surface area contributed by atoms with E-state index in [4.69, 9.17) is 13.8 Å². The summed E-state index contributed by atoms with van der Waals surface area (Å²) in [7, 11) is 1.19. The summed E-state index contributed by atoms with van der Waals surface area (Å²) in [6, 6.07) is -0.888. The zero-order valence-electron chi connectivity index (χ0n) is 47.0. The average molecular weight is 1010 g/mol. The van der Waals surface area contributed by atoms with E-state index in [2.05, 4.69) is 50.4 Å². The third-order valence-electron chi connectivity index (χ3n) is 13.3. The lowest BCUT2D eigenvalue weighted by Gasteiger charge is -2.30. The highest BCUT2D eigenvalue weighted by atomic mass is 31.2. The van der Waals surface area contributed by atoms with Gasteiger partial charge in [-0.25, -0.2) is 0 Å². The topological polar surface area (TPSA) is 114 Å². The molecule has 0 aliphatic rings. The number of nitrogens with zero attached hydrogens (tertiary/aromatic N) is 1. The first-order chi connectivity index (χ1) is 33.9. The third kappa shape index (κ3) is 51.1. The van der Waals surface area contributed by atoms with Gasteiger partial charge in [0.15, 0.2) is 0 Å². The molecule has 3 unspecified atom stereocenters. The minimum absolute atomic E-state index is 0.0225. The van der Waals surface area contributed by atoms with E-state index in [1.807, 2.05) is 33.3 Å². The van der Waals surface area contributed by atoms with Gasteiger partial charge in [-0.2, -0.15) is 0 Å². The minimum atomic E-state index is -4.69. The number of amides is 1. The molecule has 70 heavy (non-hydrogen) atoms. The molecule has 0 spiro atoms. The molecule has 9 nitrogen and oxygen atoms in total. The fourth-order valence-electron chi connectivity index (χ4n) is 8.62. The van der Waals surface area contributed by atoms with Crippen molar-refractivity contribution in [2.45, 2.75) is 296 Å². The molecule has 0 fully saturated rings. The predicted octanol–water partition coefficient (Wildman–Crippen LogP) is 17.3. The third-order valence-corrected chi connectivity index (χ3v) is 14.3. The molecule has 3 atom stereocenters. The fourth-order valence-corrected chi connectivity index (χ4v) is 9.34. The molecule has 0 aromatic rings. The maximum absolute atomic E-state index is 13.4. The molecule has 1 N–H and O–H groups in total. The van der Waals surface area contributed by atoms with Crippen molar-refractivity contribution in [3.05, 3.63) is 36.5 Å². The van der Waals surface area contributed by atoms with Crippen molar-refractivity contribution in [2.24, 2.45) is 0 Å². The van der Waals surface area contributed by atoms with Crippen molar-refractivity contribution in [1.29, 1.82) is 0 Å². The fraction of sp³-hybridized carbons (Fsp3) is 0.867. The Labute approximate surface area is 434 Å². The standard InChI is InChI=1S/C60H115N2O7P/c1-7-10-13-16-19-22-25-27-28-29-30-31-32-33-34-35-38-41-44-47-50-53-60(64)69-58(51-48-45-42-39-37-26-23-20-17-14-11-8-2)57(56-68-70(65,66)67-55-54-62(4,5)6)61-59(63)52-49-46-43-40-36-24-21-18-15-12-9-3/h18,21,27-28,48,51,57-58H,7-17,19-20,22-26,29-47,49-50,52-56H2,1-6H3,(H-,61,63,65,66)/b21-18-,28-27+,51-48-. The van der Waals surface area contributed by atoms with E-state index in [1.165, 1.54) is 167 Å². The van der Waals surface area contributed by atoms with E-state index >= 15 is 0 Å². The van der Waals surface area contributed by atoms with Gasteiger partial charge in [-0.1, -0.05) is 231 Å². The maximum Gasteiger partial charge on any atom is 0.306 e. The average Bonchev–Trinajstić information content (AvgIpc) is 3.32. The number of likely N-dealkylation sites (N-methyl/N-ethyl adjacent to an activating group) is 1. The molecule has 1 amide bonds. The first-order valence-corrected chi connectivity index (χ1v) is 31.3. The van der Waals surface area contributed by atoms with E-state index in [1.54, 1.807) is 0 Å². The predicted molar refractivity (Wildman–Crippen MR) is 298 cm³/mol. The molecule has 0 aliphatic heterocycles. The Bertz CT molecular complexity index is 1300. The molecular formula is C60H115N2O7P. The number of phosphoric ester groups is 1. The van der Waals surface area contributed by atoms with Crippen LogP contribution >= 0.6 is 7.82 Å². The number of hydrogen-bond acceptors (Lipinski definition) is 7. The van der Waals surface area contributed by atoms with Crippen molar-refractivity contribution >= 4 is 19.7 Å². The molecule has 0 bridgehead atoms. The summed E-state index contributed by atoms with van der Waals surface area (Å²) in [5.41, 5.74) is 0. The normalized spacial score (nSPS) is 14.0. The van der Waals surface area contributed by atoms with Crippen LogP contribution in [-0.2, 0) is 27.9 Å². The van der Waals surface area contributed by atoms with E-state index in [-0.39, 0.29) is 31.5 Å². The number of ether oxygens (including phenoxy) is 1. The molecular weight excluding hydrogens is 892 g/mol. The number of unbranched alkanes of at least 4 members (excludes halogenated alkanes) is 34. The Hall–Kier alpha value is -1.77. The Balaban J connectivity index is 5.19. The molecule has 10 heteroatoms. The van der Waals surface area contributed by atoms with E-state index in [0.717, 1.165) is 83.5 Å². The van der Waals surface area contributed by atoms with Gasteiger partial charge >= 0.3 is 5.97 Å². The Morgan fingerprint density at radius 1 is 0.486 bits per heavy atom. The van der Waals surface area contributed by atoms with Crippen molar-refractivity contribution in [3.63, 3.8) is 0 Å². The molecule has 0 radical (unpaired) electrons. The van der Waals surface area contributed by atoms with E-state index < -0.39 is 20.0 Å². The first-order valence-electron chi connectivity index (χ1n) is 29.8. The van der Waals surface area contributed by atoms with Gasteiger partial charge in [0.1, 0.15) is 19.3 Å². The number of nitrogens with one attached hydrogen (secondary N) is 1. The second kappa shape index (κ2) is 50.7. The van der Waals surface area contributed by atoms with Crippen LogP contribution in [-0.4, -0.2) is 69.4 Å². The molecule has 0 heterocycles. The molecule has 0 saturated heterocycles. The van der Waals surface area contributed by atoms with Crippen molar-refractivity contribution in [1.82, 2.24) is 5.32 Å². The summed E-state index contributed by atoms with van der Waals surface area (Å²) in [6.07, 6.45) is 59.7. The lowest BCUT2D eigenvalue weighted by Crippen LogP contribution is -2.47. The molecule has 412 valence electrons. The van der Waals surface area contributed by atoms with Gasteiger partial charge in [0.2, 0.25) is 5.91 Å². The summed E-state index contributed by atoms with van der Waals surface area (Å²) in [5, 5.41) is 3.01. The number of carbonyl (C=O) groups excluding carboxylic acids is 2.